The smallest absolute Gasteiger partial charge is 0.180 e. The Bertz CT molecular complexity index is 3180. The van der Waals surface area contributed by atoms with E-state index in [0.717, 1.165) is 11.4 Å². The molecule has 0 unspecified atom stereocenters. The zero-order chi connectivity index (χ0) is 37.8. The van der Waals surface area contributed by atoms with Crippen LogP contribution in [0.3, 0.4) is 0 Å². The van der Waals surface area contributed by atoms with E-state index in [4.69, 9.17) is 0 Å². The van der Waals surface area contributed by atoms with Gasteiger partial charge in [0.2, 0.25) is 0 Å². The van der Waals surface area contributed by atoms with Gasteiger partial charge in [-0.05, 0) is 68.3 Å². The van der Waals surface area contributed by atoms with Gasteiger partial charge in [-0.25, -0.2) is 0 Å². The Morgan fingerprint density at radius 3 is 1.51 bits per heavy atom. The summed E-state index contributed by atoms with van der Waals surface area (Å²) in [5.74, 6) is 0. The summed E-state index contributed by atoms with van der Waals surface area (Å²) in [6.45, 7) is 0. The van der Waals surface area contributed by atoms with Crippen LogP contribution in [0.15, 0.2) is 231 Å². The maximum atomic E-state index is 2.53. The Kier molecular flexibility index (Phi) is 7.87. The second kappa shape index (κ2) is 13.5. The monoisotopic (exact) mass is 742 g/mol. The summed E-state index contributed by atoms with van der Waals surface area (Å²) in [4.78, 5) is 0. The predicted molar refractivity (Wildman–Crippen MR) is 244 cm³/mol. The van der Waals surface area contributed by atoms with Crippen molar-refractivity contribution >= 4 is 72.4 Å². The Morgan fingerprint density at radius 1 is 0.316 bits per heavy atom. The van der Waals surface area contributed by atoms with Crippen molar-refractivity contribution in [2.24, 2.45) is 0 Å². The number of para-hydroxylation sites is 4. The fourth-order valence-corrected chi connectivity index (χ4v) is 14.5. The van der Waals surface area contributed by atoms with Gasteiger partial charge < -0.3 is 9.13 Å². The van der Waals surface area contributed by atoms with E-state index < -0.39 is 8.07 Å². The first-order valence-corrected chi connectivity index (χ1v) is 21.7. The van der Waals surface area contributed by atoms with Gasteiger partial charge in [-0.2, -0.15) is 0 Å². The largest absolute Gasteiger partial charge is 0.307 e. The minimum Gasteiger partial charge on any atom is -0.307 e. The van der Waals surface area contributed by atoms with E-state index in [1.165, 1.54) is 75.5 Å². The zero-order valence-corrected chi connectivity index (χ0v) is 32.3. The van der Waals surface area contributed by atoms with Crippen LogP contribution in [-0.4, -0.2) is 17.2 Å². The molecule has 3 heteroatoms. The first-order valence-electron chi connectivity index (χ1n) is 19.7. The highest BCUT2D eigenvalue weighted by Gasteiger charge is 2.43. The number of rotatable bonds is 7. The molecule has 9 aromatic carbocycles. The minimum atomic E-state index is -3.00. The van der Waals surface area contributed by atoms with Crippen molar-refractivity contribution in [1.29, 1.82) is 0 Å². The summed E-state index contributed by atoms with van der Waals surface area (Å²) in [5, 5.41) is 10.5. The van der Waals surface area contributed by atoms with Crippen molar-refractivity contribution in [1.82, 2.24) is 9.13 Å². The molecule has 0 saturated carbocycles. The maximum Gasteiger partial charge on any atom is 0.180 e. The highest BCUT2D eigenvalue weighted by atomic mass is 28.3. The van der Waals surface area contributed by atoms with E-state index in [1.54, 1.807) is 0 Å². The molecule has 268 valence electrons. The molecule has 0 bridgehead atoms. The molecule has 11 rings (SSSR count). The van der Waals surface area contributed by atoms with Gasteiger partial charge in [0.1, 0.15) is 0 Å². The van der Waals surface area contributed by atoms with Crippen LogP contribution in [0.25, 0.3) is 66.1 Å². The number of fused-ring (bicyclic) bond motifs is 6. The molecule has 11 aromatic rings. The quantitative estimate of drug-likeness (QED) is 0.114. The molecule has 0 saturated heterocycles. The van der Waals surface area contributed by atoms with Gasteiger partial charge in [0.15, 0.2) is 8.07 Å². The number of aromatic nitrogens is 2. The van der Waals surface area contributed by atoms with Crippen molar-refractivity contribution in [3.63, 3.8) is 0 Å². The minimum absolute atomic E-state index is 1.15. The van der Waals surface area contributed by atoms with E-state index in [2.05, 4.69) is 240 Å². The van der Waals surface area contributed by atoms with Crippen molar-refractivity contribution in [2.75, 3.05) is 0 Å². The predicted octanol–water partition coefficient (Wildman–Crippen LogP) is 10.9. The van der Waals surface area contributed by atoms with E-state index in [1.807, 2.05) is 0 Å². The summed E-state index contributed by atoms with van der Waals surface area (Å²) in [5.41, 5.74) is 9.55. The van der Waals surface area contributed by atoms with Crippen LogP contribution in [0.5, 0.6) is 0 Å². The van der Waals surface area contributed by atoms with Gasteiger partial charge in [-0.3, -0.25) is 0 Å². The molecule has 0 aliphatic carbocycles. The van der Waals surface area contributed by atoms with Crippen LogP contribution < -0.4 is 20.7 Å². The first-order chi connectivity index (χ1) is 28.3. The highest BCUT2D eigenvalue weighted by Crippen LogP contribution is 2.39. The van der Waals surface area contributed by atoms with Crippen LogP contribution >= 0.6 is 0 Å². The molecule has 2 aromatic heterocycles. The lowest BCUT2D eigenvalue weighted by molar-refractivity contribution is 1.13. The first kappa shape index (κ1) is 33.2. The standard InChI is InChI=1S/C54H38N2Si/c1-5-20-39(21-6-1)40-22-17-29-44(38-40)57(42-25-9-3-10-26-42,43-27-11-4-12-28-43)52-37-19-35-50-53(52)47-31-14-16-34-49(47)56(50)51-36-18-32-46-45-30-13-15-33-48(45)55(54(46)51)41-23-7-2-8-24-41/h1-38H. The van der Waals surface area contributed by atoms with Gasteiger partial charge in [-0.1, -0.05) is 194 Å². The van der Waals surface area contributed by atoms with Gasteiger partial charge in [0.25, 0.3) is 0 Å². The molecule has 2 nitrogen and oxygen atoms in total. The third-order valence-electron chi connectivity index (χ3n) is 11.8. The van der Waals surface area contributed by atoms with Crippen molar-refractivity contribution in [3.05, 3.63) is 231 Å². The van der Waals surface area contributed by atoms with Crippen molar-refractivity contribution in [2.45, 2.75) is 0 Å². The molecule has 0 N–H and O–H groups in total. The highest BCUT2D eigenvalue weighted by molar-refractivity contribution is 7.20. The van der Waals surface area contributed by atoms with Gasteiger partial charge in [0.05, 0.1) is 27.8 Å². The number of nitrogens with zero attached hydrogens (tertiary/aromatic N) is 2. The molecular formula is C54H38N2Si. The van der Waals surface area contributed by atoms with E-state index in [9.17, 15) is 0 Å². The van der Waals surface area contributed by atoms with Crippen LogP contribution in [-0.2, 0) is 0 Å². The Balaban J connectivity index is 1.30. The van der Waals surface area contributed by atoms with Crippen molar-refractivity contribution < 1.29 is 0 Å². The van der Waals surface area contributed by atoms with Crippen molar-refractivity contribution in [3.8, 4) is 22.5 Å². The Morgan fingerprint density at radius 2 is 0.807 bits per heavy atom. The van der Waals surface area contributed by atoms with Gasteiger partial charge >= 0.3 is 0 Å². The van der Waals surface area contributed by atoms with Crippen LogP contribution in [0, 0.1) is 0 Å². The molecular weight excluding hydrogens is 705 g/mol. The Labute approximate surface area is 333 Å². The van der Waals surface area contributed by atoms with Gasteiger partial charge in [0, 0.05) is 27.2 Å². The Hall–Kier alpha value is -7.20. The average molecular weight is 743 g/mol. The molecule has 0 amide bonds. The third kappa shape index (κ3) is 5.10. The zero-order valence-electron chi connectivity index (χ0n) is 31.3. The molecule has 0 aliphatic heterocycles. The second-order valence-corrected chi connectivity index (χ2v) is 18.6. The SMILES string of the molecule is c1ccc(-c2cccc([Si](c3ccccc3)(c3ccccc3)c3cccc4c3c3ccccc3n4-c3cccc4c5ccccc5n(-c5ccccc5)c34)c2)cc1. The molecule has 0 spiro atoms. The van der Waals surface area contributed by atoms with Crippen LogP contribution in [0.4, 0.5) is 0 Å². The number of benzene rings is 9. The second-order valence-electron chi connectivity index (χ2n) is 14.8. The lowest BCUT2D eigenvalue weighted by Gasteiger charge is -2.35. The van der Waals surface area contributed by atoms with Gasteiger partial charge in [-0.15, -0.1) is 0 Å². The molecule has 0 atom stereocenters. The molecule has 0 radical (unpaired) electrons. The fourth-order valence-electron chi connectivity index (χ4n) is 9.52. The molecule has 2 heterocycles. The summed E-state index contributed by atoms with van der Waals surface area (Å²) < 4.78 is 4.98. The third-order valence-corrected chi connectivity index (χ3v) is 16.6. The average Bonchev–Trinajstić information content (AvgIpc) is 3.82. The fraction of sp³-hybridized carbons (Fsp3) is 0. The number of hydrogen-bond donors (Lipinski definition) is 0. The topological polar surface area (TPSA) is 9.86 Å². The maximum absolute atomic E-state index is 3.00. The molecule has 0 aliphatic rings. The van der Waals surface area contributed by atoms with Crippen LogP contribution in [0.1, 0.15) is 0 Å². The van der Waals surface area contributed by atoms with E-state index in [0.29, 0.717) is 0 Å². The lowest BCUT2D eigenvalue weighted by Crippen LogP contribution is -2.74. The van der Waals surface area contributed by atoms with E-state index in [-0.39, 0.29) is 0 Å². The number of hydrogen-bond acceptors (Lipinski definition) is 0. The normalized spacial score (nSPS) is 11.9. The summed E-state index contributed by atoms with van der Waals surface area (Å²) >= 11 is 0. The summed E-state index contributed by atoms with van der Waals surface area (Å²) in [7, 11) is -3.00. The molecule has 0 fully saturated rings. The van der Waals surface area contributed by atoms with E-state index >= 15 is 0 Å². The summed E-state index contributed by atoms with van der Waals surface area (Å²) in [6, 6.07) is 85.3. The summed E-state index contributed by atoms with van der Waals surface area (Å²) in [6.07, 6.45) is 0. The molecule has 57 heavy (non-hydrogen) atoms. The lowest BCUT2D eigenvalue weighted by atomic mass is 10.1. The van der Waals surface area contributed by atoms with Crippen LogP contribution in [0.2, 0.25) is 0 Å².